The molecule has 5 rings (SSSR count). The zero-order chi connectivity index (χ0) is 18.9. The highest BCUT2D eigenvalue weighted by Gasteiger charge is 2.23. The van der Waals surface area contributed by atoms with Crippen LogP contribution in [0.25, 0.3) is 11.1 Å². The van der Waals surface area contributed by atoms with Crippen LogP contribution in [-0.2, 0) is 6.54 Å². The molecule has 0 saturated carbocycles. The summed E-state index contributed by atoms with van der Waals surface area (Å²) in [6.45, 7) is 3.97. The zero-order valence-electron chi connectivity index (χ0n) is 15.1. The first-order valence-corrected chi connectivity index (χ1v) is 9.13. The van der Waals surface area contributed by atoms with Gasteiger partial charge in [-0.25, -0.2) is 9.78 Å². The Labute approximate surface area is 160 Å². The molecule has 2 aliphatic rings. The van der Waals surface area contributed by atoms with Gasteiger partial charge in [0.2, 0.25) is 6.79 Å². The van der Waals surface area contributed by atoms with Gasteiger partial charge in [0.05, 0.1) is 5.39 Å². The average molecular weight is 381 g/mol. The summed E-state index contributed by atoms with van der Waals surface area (Å²) in [5, 5.41) is 7.41. The number of piperazine rings is 1. The number of carbonyl (C=O) groups is 1. The van der Waals surface area contributed by atoms with Crippen LogP contribution >= 0.6 is 0 Å². The van der Waals surface area contributed by atoms with Gasteiger partial charge in [0, 0.05) is 38.9 Å². The van der Waals surface area contributed by atoms with Crippen molar-refractivity contribution in [3.8, 4) is 11.5 Å². The molecule has 0 unspecified atom stereocenters. The molecular weight excluding hydrogens is 362 g/mol. The van der Waals surface area contributed by atoms with Gasteiger partial charge < -0.3 is 18.9 Å². The van der Waals surface area contributed by atoms with Crippen LogP contribution in [0.1, 0.15) is 5.56 Å². The van der Waals surface area contributed by atoms with Gasteiger partial charge in [0.15, 0.2) is 17.3 Å². The third-order valence-electron chi connectivity index (χ3n) is 4.98. The SMILES string of the molecule is O=C(Nc1noc2ncccc12)N1CCN(Cc2ccc3c(c2)OCO3)CC1. The number of rotatable bonds is 3. The van der Waals surface area contributed by atoms with E-state index in [-0.39, 0.29) is 12.8 Å². The molecule has 0 atom stereocenters. The lowest BCUT2D eigenvalue weighted by Crippen LogP contribution is -2.49. The molecule has 9 heteroatoms. The van der Waals surface area contributed by atoms with Gasteiger partial charge in [-0.3, -0.25) is 10.2 Å². The lowest BCUT2D eigenvalue weighted by molar-refractivity contribution is 0.143. The van der Waals surface area contributed by atoms with Crippen LogP contribution in [0.15, 0.2) is 41.1 Å². The highest BCUT2D eigenvalue weighted by molar-refractivity contribution is 5.97. The summed E-state index contributed by atoms with van der Waals surface area (Å²) in [5.41, 5.74) is 1.58. The molecule has 1 fully saturated rings. The van der Waals surface area contributed by atoms with Crippen LogP contribution in [0.4, 0.5) is 10.6 Å². The Kier molecular flexibility index (Phi) is 4.21. The first-order valence-electron chi connectivity index (χ1n) is 9.13. The minimum absolute atomic E-state index is 0.179. The molecule has 0 bridgehead atoms. The van der Waals surface area contributed by atoms with Gasteiger partial charge >= 0.3 is 6.03 Å². The molecular formula is C19H19N5O4. The van der Waals surface area contributed by atoms with Crippen LogP contribution in [0, 0.1) is 0 Å². The maximum Gasteiger partial charge on any atom is 0.323 e. The lowest BCUT2D eigenvalue weighted by atomic mass is 10.1. The number of fused-ring (bicyclic) bond motifs is 2. The predicted octanol–water partition coefficient (Wildman–Crippen LogP) is 2.30. The second kappa shape index (κ2) is 7.01. The number of ether oxygens (including phenoxy) is 2. The molecule has 0 aliphatic carbocycles. The number of carbonyl (C=O) groups excluding carboxylic acids is 1. The fourth-order valence-corrected chi connectivity index (χ4v) is 3.46. The Morgan fingerprint density at radius 1 is 1.11 bits per heavy atom. The normalized spacial score (nSPS) is 16.5. The summed E-state index contributed by atoms with van der Waals surface area (Å²) in [4.78, 5) is 20.7. The van der Waals surface area contributed by atoms with Gasteiger partial charge in [-0.1, -0.05) is 11.2 Å². The fourth-order valence-electron chi connectivity index (χ4n) is 3.46. The van der Waals surface area contributed by atoms with Crippen molar-refractivity contribution in [1.82, 2.24) is 19.9 Å². The number of pyridine rings is 1. The average Bonchev–Trinajstić information content (AvgIpc) is 3.35. The number of urea groups is 1. The van der Waals surface area contributed by atoms with Gasteiger partial charge in [0.25, 0.3) is 5.71 Å². The minimum Gasteiger partial charge on any atom is -0.454 e. The molecule has 2 amide bonds. The number of aromatic nitrogens is 2. The molecule has 0 radical (unpaired) electrons. The van der Waals surface area contributed by atoms with E-state index >= 15 is 0 Å². The van der Waals surface area contributed by atoms with E-state index < -0.39 is 0 Å². The Hall–Kier alpha value is -3.33. The van der Waals surface area contributed by atoms with Crippen LogP contribution < -0.4 is 14.8 Å². The molecule has 2 aliphatic heterocycles. The molecule has 0 spiro atoms. The second-order valence-corrected chi connectivity index (χ2v) is 6.77. The monoisotopic (exact) mass is 381 g/mol. The van der Waals surface area contributed by atoms with Gasteiger partial charge in [-0.2, -0.15) is 0 Å². The van der Waals surface area contributed by atoms with E-state index in [1.807, 2.05) is 18.2 Å². The maximum atomic E-state index is 12.6. The maximum absolute atomic E-state index is 12.6. The highest BCUT2D eigenvalue weighted by Crippen LogP contribution is 2.32. The van der Waals surface area contributed by atoms with Crippen LogP contribution in [0.3, 0.4) is 0 Å². The summed E-state index contributed by atoms with van der Waals surface area (Å²) >= 11 is 0. The van der Waals surface area contributed by atoms with Crippen LogP contribution in [0.2, 0.25) is 0 Å². The summed E-state index contributed by atoms with van der Waals surface area (Å²) in [6.07, 6.45) is 1.62. The number of hydrogen-bond acceptors (Lipinski definition) is 7. The topological polar surface area (TPSA) is 93.0 Å². The molecule has 28 heavy (non-hydrogen) atoms. The molecule has 9 nitrogen and oxygen atoms in total. The molecule has 1 saturated heterocycles. The summed E-state index contributed by atoms with van der Waals surface area (Å²) in [5.74, 6) is 1.99. The Morgan fingerprint density at radius 3 is 2.86 bits per heavy atom. The van der Waals surface area contributed by atoms with Crippen molar-refractivity contribution in [3.05, 3.63) is 42.1 Å². The Morgan fingerprint density at radius 2 is 1.96 bits per heavy atom. The van der Waals surface area contributed by atoms with Crippen molar-refractivity contribution in [2.45, 2.75) is 6.54 Å². The second-order valence-electron chi connectivity index (χ2n) is 6.77. The number of benzene rings is 1. The zero-order valence-corrected chi connectivity index (χ0v) is 15.1. The minimum atomic E-state index is -0.179. The van der Waals surface area contributed by atoms with Crippen molar-refractivity contribution in [1.29, 1.82) is 0 Å². The third kappa shape index (κ3) is 3.20. The predicted molar refractivity (Wildman–Crippen MR) is 100 cm³/mol. The Bertz CT molecular complexity index is 1010. The lowest BCUT2D eigenvalue weighted by Gasteiger charge is -2.34. The Balaban J connectivity index is 1.17. The molecule has 2 aromatic heterocycles. The third-order valence-corrected chi connectivity index (χ3v) is 4.98. The molecule has 1 aromatic carbocycles. The number of amides is 2. The molecule has 3 aromatic rings. The van der Waals surface area contributed by atoms with E-state index in [0.29, 0.717) is 30.0 Å². The van der Waals surface area contributed by atoms with Crippen molar-refractivity contribution in [3.63, 3.8) is 0 Å². The molecule has 144 valence electrons. The van der Waals surface area contributed by atoms with E-state index in [2.05, 4.69) is 26.4 Å². The first-order chi connectivity index (χ1) is 13.8. The number of hydrogen-bond donors (Lipinski definition) is 1. The quantitative estimate of drug-likeness (QED) is 0.744. The first kappa shape index (κ1) is 16.8. The number of nitrogens with one attached hydrogen (secondary N) is 1. The fraction of sp³-hybridized carbons (Fsp3) is 0.316. The van der Waals surface area contributed by atoms with E-state index in [1.165, 1.54) is 5.56 Å². The number of nitrogens with zero attached hydrogens (tertiary/aromatic N) is 4. The van der Waals surface area contributed by atoms with Gasteiger partial charge in [0.1, 0.15) is 0 Å². The van der Waals surface area contributed by atoms with Crippen LogP contribution in [-0.4, -0.2) is 58.9 Å². The van der Waals surface area contributed by atoms with E-state index in [1.54, 1.807) is 17.2 Å². The van der Waals surface area contributed by atoms with E-state index in [9.17, 15) is 4.79 Å². The largest absolute Gasteiger partial charge is 0.454 e. The van der Waals surface area contributed by atoms with E-state index in [4.69, 9.17) is 14.0 Å². The van der Waals surface area contributed by atoms with Gasteiger partial charge in [-0.05, 0) is 29.8 Å². The van der Waals surface area contributed by atoms with Gasteiger partial charge in [-0.15, -0.1) is 0 Å². The molecule has 4 heterocycles. The van der Waals surface area contributed by atoms with E-state index in [0.717, 1.165) is 31.1 Å². The highest BCUT2D eigenvalue weighted by atomic mass is 16.7. The van der Waals surface area contributed by atoms with Crippen molar-refractivity contribution >= 4 is 22.9 Å². The van der Waals surface area contributed by atoms with Crippen molar-refractivity contribution in [2.75, 3.05) is 38.3 Å². The molecule has 1 N–H and O–H groups in total. The van der Waals surface area contributed by atoms with Crippen molar-refractivity contribution in [2.24, 2.45) is 0 Å². The summed E-state index contributed by atoms with van der Waals surface area (Å²) in [7, 11) is 0. The van der Waals surface area contributed by atoms with Crippen molar-refractivity contribution < 1.29 is 18.8 Å². The smallest absolute Gasteiger partial charge is 0.323 e. The number of anilines is 1. The summed E-state index contributed by atoms with van der Waals surface area (Å²) in [6, 6.07) is 9.43. The summed E-state index contributed by atoms with van der Waals surface area (Å²) < 4.78 is 15.9. The standard InChI is InChI=1S/C19H19N5O4/c25-19(21-17-14-2-1-5-20-18(14)28-22-17)24-8-6-23(7-9-24)11-13-3-4-15-16(10-13)27-12-26-15/h1-5,10H,6-9,11-12H2,(H,21,22,25). The van der Waals surface area contributed by atoms with Crippen LogP contribution in [0.5, 0.6) is 11.5 Å².